The van der Waals surface area contributed by atoms with Crippen molar-refractivity contribution >= 4 is 29.9 Å². The number of hydrogen-bond acceptors (Lipinski definition) is 5. The number of guanidine groups is 1. The summed E-state index contributed by atoms with van der Waals surface area (Å²) in [6, 6.07) is 3.85. The van der Waals surface area contributed by atoms with Crippen LogP contribution in [0.3, 0.4) is 0 Å². The molecular formula is C11H17IN4O. The van der Waals surface area contributed by atoms with Gasteiger partial charge in [0.1, 0.15) is 0 Å². The van der Waals surface area contributed by atoms with Gasteiger partial charge in [-0.25, -0.2) is 4.98 Å². The highest BCUT2D eigenvalue weighted by Gasteiger charge is 2.11. The Morgan fingerprint density at radius 2 is 2.29 bits per heavy atom. The van der Waals surface area contributed by atoms with E-state index in [4.69, 9.17) is 4.74 Å². The number of ether oxygens (including phenoxy) is 1. The van der Waals surface area contributed by atoms with E-state index in [2.05, 4.69) is 20.2 Å². The molecule has 0 bridgehead atoms. The van der Waals surface area contributed by atoms with Crippen LogP contribution < -0.4 is 10.1 Å². The predicted molar refractivity (Wildman–Crippen MR) is 78.0 cm³/mol. The molecule has 0 aliphatic carbocycles. The highest BCUT2D eigenvalue weighted by atomic mass is 127. The second kappa shape index (κ2) is 6.63. The number of aromatic nitrogens is 1. The number of nitrogens with zero attached hydrogens (tertiary/aromatic N) is 3. The number of rotatable bonds is 3. The van der Waals surface area contributed by atoms with Gasteiger partial charge in [0.2, 0.25) is 5.88 Å². The molecule has 5 nitrogen and oxygen atoms in total. The minimum atomic E-state index is 0. The molecule has 1 aromatic rings. The molecule has 1 aliphatic rings. The third kappa shape index (κ3) is 3.72. The second-order valence-electron chi connectivity index (χ2n) is 3.69. The quantitative estimate of drug-likeness (QED) is 0.832. The summed E-state index contributed by atoms with van der Waals surface area (Å²) in [5, 5.41) is 3.28. The number of hydrogen-bond donors (Lipinski definition) is 1. The lowest BCUT2D eigenvalue weighted by Gasteiger charge is -2.15. The summed E-state index contributed by atoms with van der Waals surface area (Å²) < 4.78 is 5.00. The molecule has 0 unspecified atom stereocenters. The fourth-order valence-electron chi connectivity index (χ4n) is 1.54. The molecule has 6 heteroatoms. The smallest absolute Gasteiger partial charge is 0.212 e. The maximum atomic E-state index is 5.00. The Balaban J connectivity index is 0.00000144. The van der Waals surface area contributed by atoms with Crippen LogP contribution in [0.2, 0.25) is 0 Å². The predicted octanol–water partition coefficient (Wildman–Crippen LogP) is 1.10. The first kappa shape index (κ1) is 14.0. The van der Waals surface area contributed by atoms with E-state index in [0.29, 0.717) is 5.88 Å². The molecule has 17 heavy (non-hydrogen) atoms. The van der Waals surface area contributed by atoms with Crippen LogP contribution in [-0.4, -0.2) is 43.1 Å². The van der Waals surface area contributed by atoms with Crippen molar-refractivity contribution in [3.63, 3.8) is 0 Å². The van der Waals surface area contributed by atoms with Crippen molar-refractivity contribution in [3.8, 4) is 5.88 Å². The van der Waals surface area contributed by atoms with Gasteiger partial charge in [0.25, 0.3) is 0 Å². The molecule has 2 heterocycles. The van der Waals surface area contributed by atoms with Crippen LogP contribution in [0.1, 0.15) is 5.56 Å². The maximum Gasteiger partial charge on any atom is 0.212 e. The first-order valence-electron chi connectivity index (χ1n) is 5.28. The number of aliphatic imine (C=N–C) groups is 1. The first-order valence-corrected chi connectivity index (χ1v) is 5.28. The molecule has 1 aliphatic heterocycles. The Morgan fingerprint density at radius 3 is 2.82 bits per heavy atom. The monoisotopic (exact) mass is 348 g/mol. The Kier molecular flexibility index (Phi) is 5.46. The fraction of sp³-hybridized carbons (Fsp3) is 0.455. The van der Waals surface area contributed by atoms with E-state index in [0.717, 1.165) is 31.2 Å². The van der Waals surface area contributed by atoms with E-state index in [1.165, 1.54) is 0 Å². The van der Waals surface area contributed by atoms with Crippen molar-refractivity contribution in [2.75, 3.05) is 27.2 Å². The Bertz CT molecular complexity index is 380. The molecule has 0 amide bonds. The van der Waals surface area contributed by atoms with Gasteiger partial charge in [-0.3, -0.25) is 4.99 Å². The summed E-state index contributed by atoms with van der Waals surface area (Å²) in [6.45, 7) is 2.60. The largest absolute Gasteiger partial charge is 0.481 e. The van der Waals surface area contributed by atoms with Gasteiger partial charge in [0.05, 0.1) is 13.7 Å². The molecule has 1 aromatic heterocycles. The van der Waals surface area contributed by atoms with Crippen molar-refractivity contribution in [1.82, 2.24) is 15.2 Å². The summed E-state index contributed by atoms with van der Waals surface area (Å²) in [5.74, 6) is 1.59. The summed E-state index contributed by atoms with van der Waals surface area (Å²) >= 11 is 0. The molecule has 0 saturated carbocycles. The van der Waals surface area contributed by atoms with Gasteiger partial charge in [-0.2, -0.15) is 0 Å². The van der Waals surface area contributed by atoms with E-state index >= 15 is 0 Å². The van der Waals surface area contributed by atoms with Crippen LogP contribution in [0.15, 0.2) is 23.3 Å². The molecule has 2 rings (SSSR count). The van der Waals surface area contributed by atoms with Crippen molar-refractivity contribution < 1.29 is 4.74 Å². The molecule has 0 saturated heterocycles. The summed E-state index contributed by atoms with van der Waals surface area (Å²) in [7, 11) is 3.65. The number of pyridine rings is 1. The van der Waals surface area contributed by atoms with Gasteiger partial charge < -0.3 is 15.0 Å². The minimum Gasteiger partial charge on any atom is -0.481 e. The van der Waals surface area contributed by atoms with Crippen LogP contribution in [0.4, 0.5) is 0 Å². The molecule has 1 N–H and O–H groups in total. The van der Waals surface area contributed by atoms with Gasteiger partial charge in [0.15, 0.2) is 5.96 Å². The zero-order valence-corrected chi connectivity index (χ0v) is 12.3. The van der Waals surface area contributed by atoms with Crippen LogP contribution in [0, 0.1) is 0 Å². The highest BCUT2D eigenvalue weighted by Crippen LogP contribution is 2.06. The number of halogens is 1. The van der Waals surface area contributed by atoms with Crippen molar-refractivity contribution in [1.29, 1.82) is 0 Å². The van der Waals surface area contributed by atoms with E-state index < -0.39 is 0 Å². The number of likely N-dealkylation sites (N-methyl/N-ethyl adjacent to an activating group) is 1. The zero-order valence-electron chi connectivity index (χ0n) is 10.0. The normalized spacial score (nSPS) is 14.0. The Hall–Kier alpha value is -1.05. The zero-order chi connectivity index (χ0) is 11.4. The summed E-state index contributed by atoms with van der Waals surface area (Å²) in [6.07, 6.45) is 1.81. The van der Waals surface area contributed by atoms with Gasteiger partial charge >= 0.3 is 0 Å². The Morgan fingerprint density at radius 1 is 1.47 bits per heavy atom. The third-order valence-electron chi connectivity index (χ3n) is 2.52. The van der Waals surface area contributed by atoms with Gasteiger partial charge in [-0.15, -0.1) is 24.0 Å². The topological polar surface area (TPSA) is 49.8 Å². The third-order valence-corrected chi connectivity index (χ3v) is 2.52. The van der Waals surface area contributed by atoms with E-state index in [-0.39, 0.29) is 24.0 Å². The Labute approximate surface area is 118 Å². The lowest BCUT2D eigenvalue weighted by Crippen LogP contribution is -2.35. The average molecular weight is 348 g/mol. The fourth-order valence-corrected chi connectivity index (χ4v) is 1.54. The molecular weight excluding hydrogens is 331 g/mol. The first-order chi connectivity index (χ1) is 7.79. The molecule has 0 fully saturated rings. The molecule has 0 spiro atoms. The highest BCUT2D eigenvalue weighted by molar-refractivity contribution is 14.0. The van der Waals surface area contributed by atoms with E-state index in [1.807, 2.05) is 19.2 Å². The van der Waals surface area contributed by atoms with Crippen molar-refractivity contribution in [3.05, 3.63) is 23.9 Å². The molecule has 0 radical (unpaired) electrons. The van der Waals surface area contributed by atoms with Gasteiger partial charge in [-0.1, -0.05) is 6.07 Å². The molecule has 0 aromatic carbocycles. The average Bonchev–Trinajstić information content (AvgIpc) is 2.73. The van der Waals surface area contributed by atoms with Crippen molar-refractivity contribution in [2.24, 2.45) is 4.99 Å². The summed E-state index contributed by atoms with van der Waals surface area (Å²) in [5.41, 5.74) is 1.11. The molecule has 0 atom stereocenters. The van der Waals surface area contributed by atoms with Crippen LogP contribution in [0.5, 0.6) is 5.88 Å². The maximum absolute atomic E-state index is 5.00. The van der Waals surface area contributed by atoms with Gasteiger partial charge in [-0.05, 0) is 5.56 Å². The SMILES string of the molecule is COc1ccc(CNC2=NCCN2C)cn1.I. The van der Waals surface area contributed by atoms with Crippen molar-refractivity contribution in [2.45, 2.75) is 6.54 Å². The van der Waals surface area contributed by atoms with E-state index in [1.54, 1.807) is 13.3 Å². The summed E-state index contributed by atoms with van der Waals surface area (Å²) in [4.78, 5) is 10.6. The van der Waals surface area contributed by atoms with Crippen LogP contribution in [0.25, 0.3) is 0 Å². The van der Waals surface area contributed by atoms with Crippen LogP contribution in [-0.2, 0) is 6.54 Å². The standard InChI is InChI=1S/C11H16N4O.HI/c1-15-6-5-12-11(15)14-8-9-3-4-10(16-2)13-7-9;/h3-4,7H,5-6,8H2,1-2H3,(H,12,14);1H. The minimum absolute atomic E-state index is 0. The van der Waals surface area contributed by atoms with E-state index in [9.17, 15) is 0 Å². The number of nitrogens with one attached hydrogen (secondary N) is 1. The lowest BCUT2D eigenvalue weighted by atomic mass is 10.3. The number of methoxy groups -OCH3 is 1. The lowest BCUT2D eigenvalue weighted by molar-refractivity contribution is 0.397. The van der Waals surface area contributed by atoms with Crippen LogP contribution >= 0.6 is 24.0 Å². The second-order valence-corrected chi connectivity index (χ2v) is 3.69. The molecule has 94 valence electrons. The van der Waals surface area contributed by atoms with Gasteiger partial charge in [0, 0.05) is 32.4 Å².